The van der Waals surface area contributed by atoms with Crippen LogP contribution in [-0.4, -0.2) is 17.3 Å². The number of hydrogen-bond donors (Lipinski definition) is 1. The van der Waals surface area contributed by atoms with Crippen LogP contribution in [0.4, 0.5) is 5.13 Å². The lowest BCUT2D eigenvalue weighted by molar-refractivity contribution is 0.340. The zero-order valence-electron chi connectivity index (χ0n) is 14.6. The van der Waals surface area contributed by atoms with Crippen molar-refractivity contribution in [3.05, 3.63) is 65.0 Å². The molecule has 0 saturated carbocycles. The van der Waals surface area contributed by atoms with Crippen LogP contribution < -0.4 is 10.2 Å². The minimum Gasteiger partial charge on any atom is -0.494 e. The molecule has 0 bridgehead atoms. The summed E-state index contributed by atoms with van der Waals surface area (Å²) in [5, 5.41) is 7.25. The van der Waals surface area contributed by atoms with Crippen LogP contribution in [0.5, 0.6) is 5.75 Å². The molecule has 3 aromatic rings. The van der Waals surface area contributed by atoms with Gasteiger partial charge in [0.1, 0.15) is 5.75 Å². The molecule has 0 saturated heterocycles. The fourth-order valence-electron chi connectivity index (χ4n) is 2.34. The van der Waals surface area contributed by atoms with E-state index in [-0.39, 0.29) is 0 Å². The van der Waals surface area contributed by atoms with Gasteiger partial charge in [-0.15, -0.1) is 11.3 Å². The van der Waals surface area contributed by atoms with Crippen LogP contribution in [0.15, 0.2) is 59.0 Å². The van der Waals surface area contributed by atoms with Gasteiger partial charge in [-0.1, -0.05) is 29.8 Å². The normalized spacial score (nSPS) is 11.4. The largest absolute Gasteiger partial charge is 0.494 e. The van der Waals surface area contributed by atoms with E-state index in [9.17, 15) is 0 Å². The minimum absolute atomic E-state index is 0.668. The summed E-state index contributed by atoms with van der Waals surface area (Å²) in [7, 11) is 0. The lowest BCUT2D eigenvalue weighted by atomic mass is 10.1. The Balaban J connectivity index is 1.68. The maximum Gasteiger partial charge on any atom is 0.203 e. The summed E-state index contributed by atoms with van der Waals surface area (Å²) >= 11 is 1.55. The maximum absolute atomic E-state index is 5.46. The van der Waals surface area contributed by atoms with Gasteiger partial charge in [-0.2, -0.15) is 5.10 Å². The smallest absolute Gasteiger partial charge is 0.203 e. The molecule has 0 spiro atoms. The summed E-state index contributed by atoms with van der Waals surface area (Å²) in [6, 6.07) is 16.3. The number of ether oxygens (including phenoxy) is 1. The summed E-state index contributed by atoms with van der Waals surface area (Å²) < 4.78 is 5.46. The van der Waals surface area contributed by atoms with Crippen molar-refractivity contribution >= 4 is 22.2 Å². The quantitative estimate of drug-likeness (QED) is 0.481. The number of rotatable bonds is 6. The second-order valence-electron chi connectivity index (χ2n) is 5.67. The molecule has 3 rings (SSSR count). The number of hydrogen-bond acceptors (Lipinski definition) is 5. The molecule has 0 radical (unpaired) electrons. The highest BCUT2D eigenvalue weighted by atomic mass is 32.1. The van der Waals surface area contributed by atoms with E-state index in [2.05, 4.69) is 46.7 Å². The fraction of sp³-hybridized carbons (Fsp3) is 0.200. The van der Waals surface area contributed by atoms with Gasteiger partial charge >= 0.3 is 0 Å². The topological polar surface area (TPSA) is 46.5 Å². The van der Waals surface area contributed by atoms with Crippen molar-refractivity contribution in [2.45, 2.75) is 20.8 Å². The highest BCUT2D eigenvalue weighted by Gasteiger charge is 2.04. The number of anilines is 1. The van der Waals surface area contributed by atoms with Crippen LogP contribution in [0.1, 0.15) is 25.0 Å². The minimum atomic E-state index is 0.668. The number of hydrazone groups is 1. The average Bonchev–Trinajstić information content (AvgIpc) is 3.10. The van der Waals surface area contributed by atoms with Crippen LogP contribution in [0.2, 0.25) is 0 Å². The van der Waals surface area contributed by atoms with E-state index in [0.29, 0.717) is 6.61 Å². The summed E-state index contributed by atoms with van der Waals surface area (Å²) in [4.78, 5) is 4.59. The summed E-state index contributed by atoms with van der Waals surface area (Å²) in [5.41, 5.74) is 8.31. The Bertz CT molecular complexity index is 851. The van der Waals surface area contributed by atoms with Gasteiger partial charge in [0.2, 0.25) is 5.13 Å². The first-order valence-electron chi connectivity index (χ1n) is 8.22. The molecule has 2 aromatic carbocycles. The third-order valence-corrected chi connectivity index (χ3v) is 4.50. The average molecular weight is 351 g/mol. The number of benzene rings is 2. The number of aromatic nitrogens is 1. The summed E-state index contributed by atoms with van der Waals surface area (Å²) in [5.74, 6) is 0.870. The summed E-state index contributed by atoms with van der Waals surface area (Å²) in [6.07, 6.45) is 0. The molecule has 0 aliphatic rings. The Morgan fingerprint density at radius 1 is 1.12 bits per heavy atom. The Kier molecular flexibility index (Phi) is 5.46. The zero-order chi connectivity index (χ0) is 17.6. The van der Waals surface area contributed by atoms with Gasteiger partial charge in [0, 0.05) is 10.9 Å². The molecule has 0 aliphatic heterocycles. The Morgan fingerprint density at radius 3 is 2.52 bits per heavy atom. The number of nitrogens with one attached hydrogen (secondary N) is 1. The molecular formula is C20H21N3OS. The van der Waals surface area contributed by atoms with E-state index < -0.39 is 0 Å². The van der Waals surface area contributed by atoms with Crippen molar-refractivity contribution in [1.82, 2.24) is 4.98 Å². The first-order chi connectivity index (χ1) is 12.2. The Morgan fingerprint density at radius 2 is 1.84 bits per heavy atom. The van der Waals surface area contributed by atoms with Gasteiger partial charge in [-0.05, 0) is 50.6 Å². The first kappa shape index (κ1) is 17.2. The predicted molar refractivity (Wildman–Crippen MR) is 106 cm³/mol. The fourth-order valence-corrected chi connectivity index (χ4v) is 3.00. The van der Waals surface area contributed by atoms with Crippen molar-refractivity contribution in [2.24, 2.45) is 5.10 Å². The lowest BCUT2D eigenvalue weighted by Crippen LogP contribution is -2.00. The van der Waals surface area contributed by atoms with E-state index >= 15 is 0 Å². The summed E-state index contributed by atoms with van der Waals surface area (Å²) in [6.45, 7) is 6.69. The van der Waals surface area contributed by atoms with Crippen LogP contribution in [0, 0.1) is 6.92 Å². The second kappa shape index (κ2) is 7.94. The zero-order valence-corrected chi connectivity index (χ0v) is 15.4. The van der Waals surface area contributed by atoms with Crippen LogP contribution in [0.25, 0.3) is 11.3 Å². The second-order valence-corrected chi connectivity index (χ2v) is 6.53. The van der Waals surface area contributed by atoms with Crippen molar-refractivity contribution in [3.8, 4) is 17.0 Å². The van der Waals surface area contributed by atoms with Crippen molar-refractivity contribution in [3.63, 3.8) is 0 Å². The highest BCUT2D eigenvalue weighted by Crippen LogP contribution is 2.25. The van der Waals surface area contributed by atoms with E-state index in [1.54, 1.807) is 11.3 Å². The van der Waals surface area contributed by atoms with Crippen LogP contribution in [0.3, 0.4) is 0 Å². The molecular weight excluding hydrogens is 330 g/mol. The molecule has 4 nitrogen and oxygen atoms in total. The molecule has 0 unspecified atom stereocenters. The van der Waals surface area contributed by atoms with Crippen molar-refractivity contribution in [2.75, 3.05) is 12.0 Å². The van der Waals surface area contributed by atoms with Gasteiger partial charge < -0.3 is 4.74 Å². The molecule has 0 aliphatic carbocycles. The van der Waals surface area contributed by atoms with Crippen molar-refractivity contribution in [1.29, 1.82) is 0 Å². The highest BCUT2D eigenvalue weighted by molar-refractivity contribution is 7.14. The van der Waals surface area contributed by atoms with Gasteiger partial charge in [0.05, 0.1) is 18.0 Å². The predicted octanol–water partition coefficient (Wildman–Crippen LogP) is 5.35. The molecule has 5 heteroatoms. The van der Waals surface area contributed by atoms with Gasteiger partial charge in [-0.3, -0.25) is 5.43 Å². The molecule has 0 atom stereocenters. The molecule has 0 fully saturated rings. The Labute approximate surface area is 152 Å². The van der Waals surface area contributed by atoms with E-state index in [0.717, 1.165) is 33.4 Å². The van der Waals surface area contributed by atoms with Crippen LogP contribution in [-0.2, 0) is 0 Å². The first-order valence-corrected chi connectivity index (χ1v) is 9.10. The van der Waals surface area contributed by atoms with Crippen LogP contribution >= 0.6 is 11.3 Å². The van der Waals surface area contributed by atoms with E-state index in [1.165, 1.54) is 5.56 Å². The third-order valence-electron chi connectivity index (χ3n) is 3.75. The molecule has 0 amide bonds. The molecule has 1 heterocycles. The molecule has 1 aromatic heterocycles. The van der Waals surface area contributed by atoms with Gasteiger partial charge in [-0.25, -0.2) is 4.98 Å². The van der Waals surface area contributed by atoms with Crippen molar-refractivity contribution < 1.29 is 4.74 Å². The standard InChI is InChI=1S/C20H21N3OS/c1-4-24-18-11-9-16(10-12-18)15(3)22-23-20-21-19(13-25-20)17-7-5-14(2)6-8-17/h5-13H,4H2,1-3H3,(H,21,23)/b22-15-. The number of thiazole rings is 1. The molecule has 128 valence electrons. The van der Waals surface area contributed by atoms with Gasteiger partial charge in [0.25, 0.3) is 0 Å². The SMILES string of the molecule is CCOc1ccc(/C(C)=N\Nc2nc(-c3ccc(C)cc3)cs2)cc1. The van der Waals surface area contributed by atoms with E-state index in [4.69, 9.17) is 4.74 Å². The monoisotopic (exact) mass is 351 g/mol. The van der Waals surface area contributed by atoms with Gasteiger partial charge in [0.15, 0.2) is 0 Å². The number of aryl methyl sites for hydroxylation is 1. The Hall–Kier alpha value is -2.66. The lowest BCUT2D eigenvalue weighted by Gasteiger charge is -2.05. The maximum atomic E-state index is 5.46. The molecule has 25 heavy (non-hydrogen) atoms. The van der Waals surface area contributed by atoms with E-state index in [1.807, 2.05) is 43.5 Å². The number of nitrogens with zero attached hydrogens (tertiary/aromatic N) is 2. The molecule has 1 N–H and O–H groups in total. The third kappa shape index (κ3) is 4.45.